The molecule has 1 unspecified atom stereocenters. The van der Waals surface area contributed by atoms with Crippen LogP contribution in [-0.2, 0) is 0 Å². The minimum Gasteiger partial charge on any atom is -0.493 e. The topological polar surface area (TPSA) is 60.5 Å². The van der Waals surface area contributed by atoms with E-state index in [-0.39, 0.29) is 11.9 Å². The predicted octanol–water partition coefficient (Wildman–Crippen LogP) is 3.60. The van der Waals surface area contributed by atoms with Crippen LogP contribution in [0, 0.1) is 13.8 Å². The van der Waals surface area contributed by atoms with Crippen LogP contribution in [0.2, 0.25) is 0 Å². The van der Waals surface area contributed by atoms with Crippen LogP contribution in [0.4, 0.5) is 0 Å². The average molecular weight is 328 g/mol. The van der Waals surface area contributed by atoms with Gasteiger partial charge in [-0.15, -0.1) is 0 Å². The van der Waals surface area contributed by atoms with Gasteiger partial charge in [-0.2, -0.15) is 0 Å². The fraction of sp³-hybridized carbons (Fsp3) is 0.368. The van der Waals surface area contributed by atoms with E-state index in [4.69, 9.17) is 9.47 Å². The molecule has 0 saturated carbocycles. The Labute approximate surface area is 143 Å². The minimum atomic E-state index is -0.106. The summed E-state index contributed by atoms with van der Waals surface area (Å²) in [7, 11) is 3.20. The second-order valence-electron chi connectivity index (χ2n) is 5.69. The third-order valence-electron chi connectivity index (χ3n) is 3.87. The van der Waals surface area contributed by atoms with E-state index >= 15 is 0 Å². The first-order valence-electron chi connectivity index (χ1n) is 7.96. The summed E-state index contributed by atoms with van der Waals surface area (Å²) in [5, 5.41) is 3.08. The van der Waals surface area contributed by atoms with Crippen LogP contribution < -0.4 is 14.8 Å². The van der Waals surface area contributed by atoms with Crippen LogP contribution in [0.5, 0.6) is 11.5 Å². The van der Waals surface area contributed by atoms with E-state index in [1.54, 1.807) is 26.4 Å². The zero-order valence-electron chi connectivity index (χ0n) is 14.8. The number of pyridine rings is 1. The van der Waals surface area contributed by atoms with E-state index in [0.717, 1.165) is 23.4 Å². The van der Waals surface area contributed by atoms with E-state index in [1.165, 1.54) is 0 Å². The summed E-state index contributed by atoms with van der Waals surface area (Å²) in [6.45, 7) is 5.80. The third-order valence-corrected chi connectivity index (χ3v) is 3.87. The van der Waals surface area contributed by atoms with Crippen molar-refractivity contribution in [1.29, 1.82) is 0 Å². The van der Waals surface area contributed by atoms with Gasteiger partial charge in [-0.25, -0.2) is 0 Å². The fourth-order valence-corrected chi connectivity index (χ4v) is 2.70. The first kappa shape index (κ1) is 17.8. The summed E-state index contributed by atoms with van der Waals surface area (Å²) in [4.78, 5) is 16.9. The van der Waals surface area contributed by atoms with E-state index in [1.807, 2.05) is 39.0 Å². The standard InChI is InChI=1S/C19H24N2O3/c1-6-16(14-7-8-17(23-4)18(11-14)24-5)21-19(22)15-9-12(2)20-13(3)10-15/h7-11,16H,6H2,1-5H3,(H,21,22). The number of rotatable bonds is 6. The molecule has 2 aromatic rings. The van der Waals surface area contributed by atoms with Crippen LogP contribution in [0.3, 0.4) is 0 Å². The smallest absolute Gasteiger partial charge is 0.251 e. The third kappa shape index (κ3) is 4.04. The van der Waals surface area contributed by atoms with E-state index < -0.39 is 0 Å². The molecule has 0 radical (unpaired) electrons. The average Bonchev–Trinajstić information content (AvgIpc) is 2.57. The summed E-state index contributed by atoms with van der Waals surface area (Å²) in [5.41, 5.74) is 3.27. The lowest BCUT2D eigenvalue weighted by molar-refractivity contribution is 0.0935. The Morgan fingerprint density at radius 2 is 1.71 bits per heavy atom. The first-order chi connectivity index (χ1) is 11.5. The summed E-state index contributed by atoms with van der Waals surface area (Å²) >= 11 is 0. The molecule has 0 bridgehead atoms. The van der Waals surface area contributed by atoms with Gasteiger partial charge in [0.05, 0.1) is 20.3 Å². The number of methoxy groups -OCH3 is 2. The van der Waals surface area contributed by atoms with Gasteiger partial charge < -0.3 is 14.8 Å². The number of aromatic nitrogens is 1. The zero-order chi connectivity index (χ0) is 17.7. The number of carbonyl (C=O) groups excluding carboxylic acids is 1. The highest BCUT2D eigenvalue weighted by molar-refractivity contribution is 5.94. The Kier molecular flexibility index (Phi) is 5.79. The monoisotopic (exact) mass is 328 g/mol. The molecule has 1 aromatic heterocycles. The molecule has 1 amide bonds. The maximum Gasteiger partial charge on any atom is 0.251 e. The minimum absolute atomic E-state index is 0.105. The number of nitrogens with one attached hydrogen (secondary N) is 1. The molecule has 0 aliphatic carbocycles. The number of hydrogen-bond donors (Lipinski definition) is 1. The molecular weight excluding hydrogens is 304 g/mol. The van der Waals surface area contributed by atoms with Gasteiger partial charge in [0.2, 0.25) is 0 Å². The zero-order valence-corrected chi connectivity index (χ0v) is 14.8. The number of amides is 1. The highest BCUT2D eigenvalue weighted by atomic mass is 16.5. The molecule has 0 spiro atoms. The lowest BCUT2D eigenvalue weighted by Crippen LogP contribution is -2.28. The number of aryl methyl sites for hydroxylation is 2. The Balaban J connectivity index is 2.24. The Morgan fingerprint density at radius 1 is 1.08 bits per heavy atom. The maximum atomic E-state index is 12.6. The SMILES string of the molecule is CCC(NC(=O)c1cc(C)nc(C)c1)c1ccc(OC)c(OC)c1. The molecular formula is C19H24N2O3. The molecule has 1 heterocycles. The molecule has 1 N–H and O–H groups in total. The molecule has 5 nitrogen and oxygen atoms in total. The van der Waals surface area contributed by atoms with Crippen molar-refractivity contribution in [2.75, 3.05) is 14.2 Å². The Bertz CT molecular complexity index is 708. The van der Waals surface area contributed by atoms with Crippen molar-refractivity contribution >= 4 is 5.91 Å². The Morgan fingerprint density at radius 3 is 2.25 bits per heavy atom. The van der Waals surface area contributed by atoms with Crippen molar-refractivity contribution in [3.8, 4) is 11.5 Å². The van der Waals surface area contributed by atoms with Crippen molar-refractivity contribution < 1.29 is 14.3 Å². The highest BCUT2D eigenvalue weighted by Crippen LogP contribution is 2.31. The highest BCUT2D eigenvalue weighted by Gasteiger charge is 2.17. The maximum absolute atomic E-state index is 12.6. The molecule has 24 heavy (non-hydrogen) atoms. The van der Waals surface area contributed by atoms with Crippen molar-refractivity contribution in [3.05, 3.63) is 52.8 Å². The van der Waals surface area contributed by atoms with Crippen LogP contribution in [0.1, 0.15) is 46.7 Å². The lowest BCUT2D eigenvalue weighted by Gasteiger charge is -2.19. The Hall–Kier alpha value is -2.56. The van der Waals surface area contributed by atoms with Crippen molar-refractivity contribution in [1.82, 2.24) is 10.3 Å². The second-order valence-corrected chi connectivity index (χ2v) is 5.69. The number of benzene rings is 1. The van der Waals surface area contributed by atoms with Gasteiger partial charge >= 0.3 is 0 Å². The van der Waals surface area contributed by atoms with Crippen molar-refractivity contribution in [2.24, 2.45) is 0 Å². The number of hydrogen-bond acceptors (Lipinski definition) is 4. The summed E-state index contributed by atoms with van der Waals surface area (Å²) < 4.78 is 10.6. The number of ether oxygens (including phenoxy) is 2. The van der Waals surface area contributed by atoms with Crippen molar-refractivity contribution in [3.63, 3.8) is 0 Å². The van der Waals surface area contributed by atoms with Gasteiger partial charge in [-0.05, 0) is 50.1 Å². The van der Waals surface area contributed by atoms with Gasteiger partial charge in [-0.3, -0.25) is 9.78 Å². The van der Waals surface area contributed by atoms with Gasteiger partial charge in [0.1, 0.15) is 0 Å². The lowest BCUT2D eigenvalue weighted by atomic mass is 10.0. The molecule has 1 atom stereocenters. The largest absolute Gasteiger partial charge is 0.493 e. The summed E-state index contributed by atoms with van der Waals surface area (Å²) in [6.07, 6.45) is 0.768. The normalized spacial score (nSPS) is 11.7. The second kappa shape index (κ2) is 7.81. The van der Waals surface area contributed by atoms with Crippen molar-refractivity contribution in [2.45, 2.75) is 33.2 Å². The van der Waals surface area contributed by atoms with Gasteiger partial charge in [-0.1, -0.05) is 13.0 Å². The molecule has 128 valence electrons. The van der Waals surface area contributed by atoms with Gasteiger partial charge in [0.25, 0.3) is 5.91 Å². The van der Waals surface area contributed by atoms with Gasteiger partial charge in [0, 0.05) is 17.0 Å². The molecule has 2 rings (SSSR count). The molecule has 0 saturated heterocycles. The molecule has 0 aliphatic heterocycles. The van der Waals surface area contributed by atoms with Gasteiger partial charge in [0.15, 0.2) is 11.5 Å². The molecule has 1 aromatic carbocycles. The van der Waals surface area contributed by atoms with E-state index in [0.29, 0.717) is 17.1 Å². The summed E-state index contributed by atoms with van der Waals surface area (Å²) in [5.74, 6) is 1.21. The first-order valence-corrected chi connectivity index (χ1v) is 7.96. The summed E-state index contributed by atoms with van der Waals surface area (Å²) in [6, 6.07) is 9.18. The van der Waals surface area contributed by atoms with Crippen LogP contribution in [-0.4, -0.2) is 25.1 Å². The van der Waals surface area contributed by atoms with Crippen LogP contribution >= 0.6 is 0 Å². The van der Waals surface area contributed by atoms with E-state index in [2.05, 4.69) is 10.3 Å². The number of nitrogens with zero attached hydrogens (tertiary/aromatic N) is 1. The number of carbonyl (C=O) groups is 1. The molecule has 0 aliphatic rings. The quantitative estimate of drug-likeness (QED) is 0.880. The van der Waals surface area contributed by atoms with E-state index in [9.17, 15) is 4.79 Å². The van der Waals surface area contributed by atoms with Crippen LogP contribution in [0.25, 0.3) is 0 Å². The predicted molar refractivity (Wildman–Crippen MR) is 93.8 cm³/mol. The van der Waals surface area contributed by atoms with Crippen LogP contribution in [0.15, 0.2) is 30.3 Å². The molecule has 0 fully saturated rings. The molecule has 5 heteroatoms. The fourth-order valence-electron chi connectivity index (χ4n) is 2.70.